The molecule has 0 heterocycles. The van der Waals surface area contributed by atoms with Crippen molar-refractivity contribution in [3.05, 3.63) is 36.1 Å². The lowest BCUT2D eigenvalue weighted by atomic mass is 10.1. The van der Waals surface area contributed by atoms with Gasteiger partial charge in [-0.2, -0.15) is 0 Å². The topological polar surface area (TPSA) is 35.2 Å². The molecule has 0 spiro atoms. The first kappa shape index (κ1) is 8.81. The summed E-state index contributed by atoms with van der Waals surface area (Å²) in [5.74, 6) is 0.313. The summed E-state index contributed by atoms with van der Waals surface area (Å²) in [5.41, 5.74) is 6.28. The zero-order chi connectivity index (χ0) is 10.1. The normalized spacial score (nSPS) is 10.4. The summed E-state index contributed by atoms with van der Waals surface area (Å²) in [5, 5.41) is 1.12. The standard InChI is InChI=1S/C11H10FNO/c1-14-10-4-2-3-7-8(12)5-6-9(13)11(7)10/h2-6H,13H2,1H3. The van der Waals surface area contributed by atoms with Crippen LogP contribution in [-0.2, 0) is 0 Å². The summed E-state index contributed by atoms with van der Waals surface area (Å²) < 4.78 is 18.5. The Morgan fingerprint density at radius 1 is 1.21 bits per heavy atom. The fourth-order valence-corrected chi connectivity index (χ4v) is 1.53. The second-order valence-electron chi connectivity index (χ2n) is 3.02. The number of hydrogen-bond donors (Lipinski definition) is 1. The molecule has 0 aromatic heterocycles. The number of ether oxygens (including phenoxy) is 1. The van der Waals surface area contributed by atoms with Gasteiger partial charge in [-0.05, 0) is 18.2 Å². The number of fused-ring (bicyclic) bond motifs is 1. The van der Waals surface area contributed by atoms with Gasteiger partial charge >= 0.3 is 0 Å². The van der Waals surface area contributed by atoms with Crippen molar-refractivity contribution in [1.29, 1.82) is 0 Å². The van der Waals surface area contributed by atoms with Crippen LogP contribution in [0, 0.1) is 5.82 Å². The molecule has 3 heteroatoms. The molecular weight excluding hydrogens is 181 g/mol. The third-order valence-electron chi connectivity index (χ3n) is 2.20. The van der Waals surface area contributed by atoms with Crippen LogP contribution >= 0.6 is 0 Å². The fraction of sp³-hybridized carbons (Fsp3) is 0.0909. The van der Waals surface area contributed by atoms with Gasteiger partial charge in [-0.1, -0.05) is 12.1 Å². The summed E-state index contributed by atoms with van der Waals surface area (Å²) in [6, 6.07) is 8.09. The third-order valence-corrected chi connectivity index (χ3v) is 2.20. The number of anilines is 1. The second-order valence-corrected chi connectivity index (χ2v) is 3.02. The highest BCUT2D eigenvalue weighted by Crippen LogP contribution is 2.31. The quantitative estimate of drug-likeness (QED) is 0.703. The predicted molar refractivity (Wildman–Crippen MR) is 54.9 cm³/mol. The van der Waals surface area contributed by atoms with E-state index < -0.39 is 0 Å². The predicted octanol–water partition coefficient (Wildman–Crippen LogP) is 2.57. The number of nitrogen functional groups attached to an aromatic ring is 1. The number of nitrogens with two attached hydrogens (primary N) is 1. The molecule has 2 nitrogen and oxygen atoms in total. The number of methoxy groups -OCH3 is 1. The van der Waals surface area contributed by atoms with Crippen molar-refractivity contribution in [3.8, 4) is 5.75 Å². The Morgan fingerprint density at radius 2 is 2.00 bits per heavy atom. The van der Waals surface area contributed by atoms with E-state index in [9.17, 15) is 4.39 Å². The summed E-state index contributed by atoms with van der Waals surface area (Å²) >= 11 is 0. The van der Waals surface area contributed by atoms with Crippen LogP contribution in [0.2, 0.25) is 0 Å². The maximum atomic E-state index is 13.4. The Morgan fingerprint density at radius 3 is 2.71 bits per heavy atom. The number of benzene rings is 2. The maximum absolute atomic E-state index is 13.4. The van der Waals surface area contributed by atoms with Crippen molar-refractivity contribution in [2.45, 2.75) is 0 Å². The molecule has 2 aromatic carbocycles. The summed E-state index contributed by atoms with van der Waals surface area (Å²) in [6.45, 7) is 0. The molecule has 0 unspecified atom stereocenters. The first-order chi connectivity index (χ1) is 6.74. The summed E-state index contributed by atoms with van der Waals surface area (Å²) in [7, 11) is 1.54. The highest BCUT2D eigenvalue weighted by molar-refractivity contribution is 5.98. The van der Waals surface area contributed by atoms with Crippen molar-refractivity contribution < 1.29 is 9.13 Å². The lowest BCUT2D eigenvalue weighted by molar-refractivity contribution is 0.420. The van der Waals surface area contributed by atoms with E-state index >= 15 is 0 Å². The van der Waals surface area contributed by atoms with Crippen LogP contribution < -0.4 is 10.5 Å². The zero-order valence-corrected chi connectivity index (χ0v) is 7.75. The minimum absolute atomic E-state index is 0.284. The molecule has 14 heavy (non-hydrogen) atoms. The van der Waals surface area contributed by atoms with E-state index in [0.717, 1.165) is 0 Å². The van der Waals surface area contributed by atoms with Crippen molar-refractivity contribution in [1.82, 2.24) is 0 Å². The molecule has 0 fully saturated rings. The molecule has 0 saturated heterocycles. The number of hydrogen-bond acceptors (Lipinski definition) is 2. The average molecular weight is 191 g/mol. The van der Waals surface area contributed by atoms with Crippen molar-refractivity contribution in [2.24, 2.45) is 0 Å². The van der Waals surface area contributed by atoms with Crippen LogP contribution in [0.4, 0.5) is 10.1 Å². The lowest BCUT2D eigenvalue weighted by Crippen LogP contribution is -1.92. The highest BCUT2D eigenvalue weighted by atomic mass is 19.1. The molecule has 72 valence electrons. The van der Waals surface area contributed by atoms with E-state index in [1.807, 2.05) is 0 Å². The van der Waals surface area contributed by atoms with Crippen molar-refractivity contribution in [2.75, 3.05) is 12.8 Å². The van der Waals surface area contributed by atoms with E-state index in [2.05, 4.69) is 0 Å². The summed E-state index contributed by atoms with van der Waals surface area (Å²) in [6.07, 6.45) is 0. The zero-order valence-electron chi connectivity index (χ0n) is 7.75. The molecule has 0 bridgehead atoms. The van der Waals surface area contributed by atoms with Gasteiger partial charge in [0.15, 0.2) is 0 Å². The molecule has 0 amide bonds. The van der Waals surface area contributed by atoms with Gasteiger partial charge in [0.25, 0.3) is 0 Å². The molecule has 0 atom stereocenters. The Bertz CT molecular complexity index is 482. The molecule has 0 radical (unpaired) electrons. The Labute approximate surface area is 81.1 Å². The van der Waals surface area contributed by atoms with Gasteiger partial charge in [0, 0.05) is 16.5 Å². The molecule has 2 rings (SSSR count). The molecule has 2 aromatic rings. The van der Waals surface area contributed by atoms with Gasteiger partial charge in [-0.25, -0.2) is 4.39 Å². The van der Waals surface area contributed by atoms with Crippen LogP contribution in [0.1, 0.15) is 0 Å². The molecule has 2 N–H and O–H groups in total. The smallest absolute Gasteiger partial charge is 0.131 e. The minimum Gasteiger partial charge on any atom is -0.496 e. The van der Waals surface area contributed by atoms with Crippen LogP contribution in [0.15, 0.2) is 30.3 Å². The van der Waals surface area contributed by atoms with Gasteiger partial charge in [-0.3, -0.25) is 0 Å². The van der Waals surface area contributed by atoms with Crippen LogP contribution in [-0.4, -0.2) is 7.11 Å². The molecule has 0 aliphatic rings. The Balaban J connectivity index is 2.92. The van der Waals surface area contributed by atoms with E-state index in [-0.39, 0.29) is 5.82 Å². The van der Waals surface area contributed by atoms with Gasteiger partial charge in [-0.15, -0.1) is 0 Å². The lowest BCUT2D eigenvalue weighted by Gasteiger charge is -2.07. The van der Waals surface area contributed by atoms with E-state index in [4.69, 9.17) is 10.5 Å². The fourth-order valence-electron chi connectivity index (χ4n) is 1.53. The van der Waals surface area contributed by atoms with Gasteiger partial charge in [0.1, 0.15) is 11.6 Å². The second kappa shape index (κ2) is 3.18. The van der Waals surface area contributed by atoms with E-state index in [1.54, 1.807) is 31.4 Å². The molecule has 0 aliphatic heterocycles. The molecular formula is C11H10FNO. The first-order valence-corrected chi connectivity index (χ1v) is 4.24. The van der Waals surface area contributed by atoms with E-state index in [0.29, 0.717) is 22.2 Å². The monoisotopic (exact) mass is 191 g/mol. The molecule has 0 aliphatic carbocycles. The average Bonchev–Trinajstić information content (AvgIpc) is 2.23. The number of halogens is 1. The molecule has 0 saturated carbocycles. The highest BCUT2D eigenvalue weighted by Gasteiger charge is 2.07. The maximum Gasteiger partial charge on any atom is 0.131 e. The third kappa shape index (κ3) is 1.18. The number of rotatable bonds is 1. The SMILES string of the molecule is COc1cccc2c(F)ccc(N)c12. The largest absolute Gasteiger partial charge is 0.496 e. The van der Waals surface area contributed by atoms with Crippen LogP contribution in [0.25, 0.3) is 10.8 Å². The van der Waals surface area contributed by atoms with Gasteiger partial charge in [0.05, 0.1) is 7.11 Å². The van der Waals surface area contributed by atoms with Crippen LogP contribution in [0.3, 0.4) is 0 Å². The first-order valence-electron chi connectivity index (χ1n) is 4.24. The van der Waals surface area contributed by atoms with Gasteiger partial charge < -0.3 is 10.5 Å². The van der Waals surface area contributed by atoms with Gasteiger partial charge in [0.2, 0.25) is 0 Å². The van der Waals surface area contributed by atoms with Crippen LogP contribution in [0.5, 0.6) is 5.75 Å². The van der Waals surface area contributed by atoms with E-state index in [1.165, 1.54) is 6.07 Å². The Hall–Kier alpha value is -1.77. The minimum atomic E-state index is -0.284. The summed E-state index contributed by atoms with van der Waals surface area (Å²) in [4.78, 5) is 0. The van der Waals surface area contributed by atoms with Crippen molar-refractivity contribution in [3.63, 3.8) is 0 Å². The van der Waals surface area contributed by atoms with Crippen molar-refractivity contribution >= 4 is 16.5 Å². The Kier molecular flexibility index (Phi) is 2.00.